The van der Waals surface area contributed by atoms with E-state index in [1.807, 2.05) is 24.3 Å². The number of hydrogen-bond acceptors (Lipinski definition) is 2. The van der Waals surface area contributed by atoms with Gasteiger partial charge < -0.3 is 5.32 Å². The zero-order valence-corrected chi connectivity index (χ0v) is 11.9. The first kappa shape index (κ1) is 13.3. The zero-order valence-electron chi connectivity index (χ0n) is 10.3. The molecule has 3 rings (SSSR count). The highest BCUT2D eigenvalue weighted by Gasteiger charge is 2.11. The highest BCUT2D eigenvalue weighted by atomic mass is 35.5. The predicted octanol–water partition coefficient (Wildman–Crippen LogP) is 5.45. The van der Waals surface area contributed by atoms with Crippen LogP contribution in [0.5, 0.6) is 0 Å². The van der Waals surface area contributed by atoms with Gasteiger partial charge in [0.1, 0.15) is 0 Å². The third-order valence-corrected chi connectivity index (χ3v) is 4.71. The Morgan fingerprint density at radius 1 is 1.05 bits per heavy atom. The minimum atomic E-state index is -0.871. The lowest BCUT2D eigenvalue weighted by Gasteiger charge is -2.06. The Bertz CT molecular complexity index is 770. The van der Waals surface area contributed by atoms with Gasteiger partial charge in [-0.25, -0.2) is 8.78 Å². The number of hydrogen-bond donors (Lipinski definition) is 1. The van der Waals surface area contributed by atoms with Gasteiger partial charge in [-0.3, -0.25) is 0 Å². The van der Waals surface area contributed by atoms with E-state index >= 15 is 0 Å². The summed E-state index contributed by atoms with van der Waals surface area (Å²) in [5.41, 5.74) is 0.138. The Hall–Kier alpha value is -1.65. The van der Waals surface area contributed by atoms with Crippen molar-refractivity contribution >= 4 is 38.7 Å². The first-order chi connectivity index (χ1) is 9.66. The van der Waals surface area contributed by atoms with Crippen LogP contribution in [0.25, 0.3) is 10.1 Å². The summed E-state index contributed by atoms with van der Waals surface area (Å²) in [5, 5.41) is 4.53. The summed E-state index contributed by atoms with van der Waals surface area (Å²) in [5.74, 6) is -1.73. The maximum absolute atomic E-state index is 13.5. The standard InChI is InChI=1S/C15H10ClF2NS/c16-14-9-4-1-2-7-12(9)20-13(14)8-19-11-6-3-5-10(17)15(11)18/h1-7,19H,8H2. The number of nitrogens with one attached hydrogen (secondary N) is 1. The van der Waals surface area contributed by atoms with E-state index in [1.54, 1.807) is 11.3 Å². The molecule has 2 aromatic carbocycles. The summed E-state index contributed by atoms with van der Waals surface area (Å²) in [7, 11) is 0. The first-order valence-corrected chi connectivity index (χ1v) is 7.20. The molecule has 0 saturated heterocycles. The van der Waals surface area contributed by atoms with Gasteiger partial charge in [0.05, 0.1) is 17.3 Å². The van der Waals surface area contributed by atoms with Crippen LogP contribution in [0.3, 0.4) is 0 Å². The number of benzene rings is 2. The molecule has 0 spiro atoms. The van der Waals surface area contributed by atoms with E-state index < -0.39 is 11.6 Å². The van der Waals surface area contributed by atoms with Crippen LogP contribution >= 0.6 is 22.9 Å². The van der Waals surface area contributed by atoms with E-state index in [2.05, 4.69) is 5.32 Å². The van der Waals surface area contributed by atoms with E-state index in [9.17, 15) is 8.78 Å². The van der Waals surface area contributed by atoms with Gasteiger partial charge in [0.2, 0.25) is 0 Å². The van der Waals surface area contributed by atoms with Crippen molar-refractivity contribution in [3.63, 3.8) is 0 Å². The molecule has 0 amide bonds. The normalized spacial score (nSPS) is 10.9. The number of rotatable bonds is 3. The maximum atomic E-state index is 13.5. The minimum absolute atomic E-state index is 0.138. The van der Waals surface area contributed by atoms with E-state index in [-0.39, 0.29) is 5.69 Å². The Kier molecular flexibility index (Phi) is 3.59. The van der Waals surface area contributed by atoms with Crippen LogP contribution in [0, 0.1) is 11.6 Å². The molecule has 0 fully saturated rings. The van der Waals surface area contributed by atoms with Gasteiger partial charge in [-0.15, -0.1) is 11.3 Å². The van der Waals surface area contributed by atoms with Crippen molar-refractivity contribution in [1.82, 2.24) is 0 Å². The molecule has 1 nitrogen and oxygen atoms in total. The molecule has 0 saturated carbocycles. The van der Waals surface area contributed by atoms with Crippen molar-refractivity contribution in [2.75, 3.05) is 5.32 Å². The second kappa shape index (κ2) is 5.38. The van der Waals surface area contributed by atoms with Crippen LogP contribution in [-0.2, 0) is 6.54 Å². The first-order valence-electron chi connectivity index (χ1n) is 6.00. The SMILES string of the molecule is Fc1cccc(NCc2sc3ccccc3c2Cl)c1F. The largest absolute Gasteiger partial charge is 0.378 e. The zero-order chi connectivity index (χ0) is 14.1. The molecule has 0 atom stereocenters. The van der Waals surface area contributed by atoms with Crippen molar-refractivity contribution in [1.29, 1.82) is 0 Å². The lowest BCUT2D eigenvalue weighted by atomic mass is 10.2. The highest BCUT2D eigenvalue weighted by Crippen LogP contribution is 2.35. The van der Waals surface area contributed by atoms with Gasteiger partial charge in [0, 0.05) is 15.0 Å². The van der Waals surface area contributed by atoms with Crippen LogP contribution in [0.2, 0.25) is 5.02 Å². The molecule has 102 valence electrons. The number of fused-ring (bicyclic) bond motifs is 1. The maximum Gasteiger partial charge on any atom is 0.181 e. The second-order valence-electron chi connectivity index (χ2n) is 4.29. The lowest BCUT2D eigenvalue weighted by Crippen LogP contribution is -2.01. The van der Waals surface area contributed by atoms with E-state index in [0.29, 0.717) is 11.6 Å². The molecule has 0 aliphatic carbocycles. The van der Waals surface area contributed by atoms with Gasteiger partial charge in [0.25, 0.3) is 0 Å². The van der Waals surface area contributed by atoms with Crippen LogP contribution in [-0.4, -0.2) is 0 Å². The predicted molar refractivity (Wildman–Crippen MR) is 80.5 cm³/mol. The fraction of sp³-hybridized carbons (Fsp3) is 0.0667. The second-order valence-corrected chi connectivity index (χ2v) is 5.81. The Morgan fingerprint density at radius 3 is 2.65 bits per heavy atom. The molecule has 1 heterocycles. The van der Waals surface area contributed by atoms with Crippen LogP contribution < -0.4 is 5.32 Å². The summed E-state index contributed by atoms with van der Waals surface area (Å²) >= 11 is 7.84. The van der Waals surface area contributed by atoms with E-state index in [4.69, 9.17) is 11.6 Å². The number of anilines is 1. The third kappa shape index (κ3) is 2.37. The molecule has 20 heavy (non-hydrogen) atoms. The van der Waals surface area contributed by atoms with Crippen molar-refractivity contribution in [2.45, 2.75) is 6.54 Å². The lowest BCUT2D eigenvalue weighted by molar-refractivity contribution is 0.511. The van der Waals surface area contributed by atoms with Crippen molar-refractivity contribution in [3.05, 3.63) is 64.0 Å². The Labute approximate surface area is 123 Å². The molecular weight excluding hydrogens is 300 g/mol. The molecular formula is C15H10ClF2NS. The third-order valence-electron chi connectivity index (χ3n) is 2.99. The molecule has 0 aliphatic rings. The van der Waals surface area contributed by atoms with Crippen molar-refractivity contribution < 1.29 is 8.78 Å². The van der Waals surface area contributed by atoms with Crippen LogP contribution in [0.4, 0.5) is 14.5 Å². The van der Waals surface area contributed by atoms with Crippen LogP contribution in [0.1, 0.15) is 4.88 Å². The van der Waals surface area contributed by atoms with Gasteiger partial charge in [-0.2, -0.15) is 0 Å². The fourth-order valence-electron chi connectivity index (χ4n) is 1.99. The minimum Gasteiger partial charge on any atom is -0.378 e. The molecule has 0 aliphatic heterocycles. The molecule has 3 aromatic rings. The molecule has 0 radical (unpaired) electrons. The van der Waals surface area contributed by atoms with Gasteiger partial charge in [0.15, 0.2) is 11.6 Å². The molecule has 1 N–H and O–H groups in total. The van der Waals surface area contributed by atoms with Crippen LogP contribution in [0.15, 0.2) is 42.5 Å². The number of thiophene rings is 1. The van der Waals surface area contributed by atoms with Gasteiger partial charge in [-0.1, -0.05) is 35.9 Å². The molecule has 0 unspecified atom stereocenters. The molecule has 5 heteroatoms. The highest BCUT2D eigenvalue weighted by molar-refractivity contribution is 7.19. The summed E-state index contributed by atoms with van der Waals surface area (Å²) in [4.78, 5) is 0.900. The van der Waals surface area contributed by atoms with E-state index in [1.165, 1.54) is 12.1 Å². The molecule has 1 aromatic heterocycles. The smallest absolute Gasteiger partial charge is 0.181 e. The summed E-state index contributed by atoms with van der Waals surface area (Å²) in [6.45, 7) is 0.360. The van der Waals surface area contributed by atoms with E-state index in [0.717, 1.165) is 21.0 Å². The fourth-order valence-corrected chi connectivity index (χ4v) is 3.43. The summed E-state index contributed by atoms with van der Waals surface area (Å²) in [6, 6.07) is 11.8. The number of halogens is 3. The monoisotopic (exact) mass is 309 g/mol. The quantitative estimate of drug-likeness (QED) is 0.679. The van der Waals surface area contributed by atoms with Crippen molar-refractivity contribution in [3.8, 4) is 0 Å². The summed E-state index contributed by atoms with van der Waals surface area (Å²) in [6.07, 6.45) is 0. The molecule has 0 bridgehead atoms. The van der Waals surface area contributed by atoms with Gasteiger partial charge >= 0.3 is 0 Å². The van der Waals surface area contributed by atoms with Gasteiger partial charge in [-0.05, 0) is 18.2 Å². The topological polar surface area (TPSA) is 12.0 Å². The Morgan fingerprint density at radius 2 is 1.85 bits per heavy atom. The Balaban J connectivity index is 1.87. The van der Waals surface area contributed by atoms with Crippen molar-refractivity contribution in [2.24, 2.45) is 0 Å². The average molecular weight is 310 g/mol. The summed E-state index contributed by atoms with van der Waals surface area (Å²) < 4.78 is 27.7. The average Bonchev–Trinajstić information content (AvgIpc) is 2.78.